The molecule has 0 aliphatic carbocycles. The first-order chi connectivity index (χ1) is 9.36. The first-order valence-electron chi connectivity index (χ1n) is 6.51. The summed E-state index contributed by atoms with van der Waals surface area (Å²) in [4.78, 5) is 25.6. The lowest BCUT2D eigenvalue weighted by atomic mass is 10.1. The summed E-state index contributed by atoms with van der Waals surface area (Å²) in [6.45, 7) is 5.90. The van der Waals surface area contributed by atoms with Gasteiger partial charge in [0, 0.05) is 23.2 Å². The zero-order valence-electron chi connectivity index (χ0n) is 12.2. The van der Waals surface area contributed by atoms with Crippen LogP contribution in [0.4, 0.5) is 0 Å². The van der Waals surface area contributed by atoms with Crippen LogP contribution in [-0.4, -0.2) is 36.5 Å². The number of carbonyl (C=O) groups is 2. The van der Waals surface area contributed by atoms with E-state index in [1.165, 1.54) is 7.11 Å². The predicted octanol–water partition coefficient (Wildman–Crippen LogP) is 3.00. The Hall–Kier alpha value is -1.55. The molecule has 1 rings (SSSR count). The first-order valence-corrected chi connectivity index (χ1v) is 6.89. The van der Waals surface area contributed by atoms with E-state index in [-0.39, 0.29) is 23.8 Å². The third-order valence-electron chi connectivity index (χ3n) is 3.05. The maximum Gasteiger partial charge on any atom is 0.310 e. The molecule has 0 radical (unpaired) electrons. The molecule has 0 heterocycles. The molecule has 20 heavy (non-hydrogen) atoms. The topological polar surface area (TPSA) is 46.6 Å². The highest BCUT2D eigenvalue weighted by atomic mass is 35.5. The Labute approximate surface area is 124 Å². The van der Waals surface area contributed by atoms with Gasteiger partial charge in [0.25, 0.3) is 5.91 Å². The number of ether oxygens (including phenoxy) is 1. The summed E-state index contributed by atoms with van der Waals surface area (Å²) in [5, 5.41) is 0.584. The molecule has 0 N–H and O–H groups in total. The average molecular weight is 298 g/mol. The summed E-state index contributed by atoms with van der Waals surface area (Å²) in [6.07, 6.45) is 0. The largest absolute Gasteiger partial charge is 0.469 e. The molecule has 110 valence electrons. The molecule has 0 saturated heterocycles. The van der Waals surface area contributed by atoms with E-state index in [1.807, 2.05) is 13.8 Å². The monoisotopic (exact) mass is 297 g/mol. The van der Waals surface area contributed by atoms with Crippen molar-refractivity contribution in [3.63, 3.8) is 0 Å². The highest BCUT2D eigenvalue weighted by molar-refractivity contribution is 6.30. The van der Waals surface area contributed by atoms with Crippen LogP contribution in [0.2, 0.25) is 5.02 Å². The summed E-state index contributed by atoms with van der Waals surface area (Å²) in [7, 11) is 1.35. The molecule has 0 spiro atoms. The SMILES string of the molecule is COC(=O)C(C)CN(C(=O)c1ccc(Cl)cc1)C(C)C. The molecule has 1 unspecified atom stereocenters. The minimum Gasteiger partial charge on any atom is -0.469 e. The summed E-state index contributed by atoms with van der Waals surface area (Å²) in [5.74, 6) is -0.800. The molecule has 1 atom stereocenters. The van der Waals surface area contributed by atoms with Crippen LogP contribution in [0.15, 0.2) is 24.3 Å². The Balaban J connectivity index is 2.88. The molecule has 4 nitrogen and oxygen atoms in total. The van der Waals surface area contributed by atoms with Crippen LogP contribution in [0.3, 0.4) is 0 Å². The molecule has 0 saturated carbocycles. The van der Waals surface area contributed by atoms with Crippen LogP contribution in [0, 0.1) is 5.92 Å². The number of halogens is 1. The fourth-order valence-electron chi connectivity index (χ4n) is 1.86. The molecule has 5 heteroatoms. The van der Waals surface area contributed by atoms with Crippen LogP contribution in [0.25, 0.3) is 0 Å². The Bertz CT molecular complexity index is 471. The van der Waals surface area contributed by atoms with E-state index in [4.69, 9.17) is 16.3 Å². The maximum absolute atomic E-state index is 12.5. The first kappa shape index (κ1) is 16.5. The fourth-order valence-corrected chi connectivity index (χ4v) is 1.98. The second kappa shape index (κ2) is 7.29. The second-order valence-electron chi connectivity index (χ2n) is 4.98. The summed E-state index contributed by atoms with van der Waals surface area (Å²) < 4.78 is 4.70. The van der Waals surface area contributed by atoms with Crippen molar-refractivity contribution in [2.75, 3.05) is 13.7 Å². The standard InChI is InChI=1S/C15H20ClNO3/c1-10(2)17(9-11(3)15(19)20-4)14(18)12-5-7-13(16)8-6-12/h5-8,10-11H,9H2,1-4H3. The minimum absolute atomic E-state index is 0.00900. The number of carbonyl (C=O) groups excluding carboxylic acids is 2. The van der Waals surface area contributed by atoms with Gasteiger partial charge in [-0.3, -0.25) is 9.59 Å². The molecule has 0 bridgehead atoms. The predicted molar refractivity (Wildman–Crippen MR) is 78.8 cm³/mol. The van der Waals surface area contributed by atoms with Crippen molar-refractivity contribution in [2.45, 2.75) is 26.8 Å². The van der Waals surface area contributed by atoms with Gasteiger partial charge >= 0.3 is 5.97 Å². The van der Waals surface area contributed by atoms with Crippen molar-refractivity contribution < 1.29 is 14.3 Å². The van der Waals surface area contributed by atoms with E-state index >= 15 is 0 Å². The quantitative estimate of drug-likeness (QED) is 0.785. The number of esters is 1. The van der Waals surface area contributed by atoms with E-state index in [0.717, 1.165) is 0 Å². The maximum atomic E-state index is 12.5. The third kappa shape index (κ3) is 4.23. The van der Waals surface area contributed by atoms with E-state index in [1.54, 1.807) is 36.1 Å². The summed E-state index contributed by atoms with van der Waals surface area (Å²) >= 11 is 5.82. The fraction of sp³-hybridized carbons (Fsp3) is 0.467. The van der Waals surface area contributed by atoms with Crippen LogP contribution in [0.1, 0.15) is 31.1 Å². The van der Waals surface area contributed by atoms with Gasteiger partial charge in [-0.1, -0.05) is 18.5 Å². The molecule has 0 aromatic heterocycles. The zero-order chi connectivity index (χ0) is 15.3. The van der Waals surface area contributed by atoms with E-state index in [9.17, 15) is 9.59 Å². The summed E-state index contributed by atoms with van der Waals surface area (Å²) in [6, 6.07) is 6.71. The van der Waals surface area contributed by atoms with Crippen molar-refractivity contribution in [1.29, 1.82) is 0 Å². The smallest absolute Gasteiger partial charge is 0.310 e. The van der Waals surface area contributed by atoms with Gasteiger partial charge in [-0.05, 0) is 38.1 Å². The van der Waals surface area contributed by atoms with Crippen LogP contribution in [0.5, 0.6) is 0 Å². The van der Waals surface area contributed by atoms with Gasteiger partial charge in [0.05, 0.1) is 13.0 Å². The zero-order valence-corrected chi connectivity index (χ0v) is 13.0. The molecule has 1 amide bonds. The van der Waals surface area contributed by atoms with E-state index in [2.05, 4.69) is 0 Å². The molecule has 1 aromatic carbocycles. The molecular weight excluding hydrogens is 278 g/mol. The molecule has 1 aromatic rings. The van der Waals surface area contributed by atoms with Crippen molar-refractivity contribution in [2.24, 2.45) is 5.92 Å². The molecule has 0 aliphatic heterocycles. The number of rotatable bonds is 5. The number of nitrogens with zero attached hydrogens (tertiary/aromatic N) is 1. The van der Waals surface area contributed by atoms with Crippen LogP contribution < -0.4 is 0 Å². The Kier molecular flexibility index (Phi) is 6.02. The lowest BCUT2D eigenvalue weighted by Gasteiger charge is -2.28. The van der Waals surface area contributed by atoms with Gasteiger partial charge in [-0.15, -0.1) is 0 Å². The van der Waals surface area contributed by atoms with Gasteiger partial charge in [0.15, 0.2) is 0 Å². The highest BCUT2D eigenvalue weighted by Crippen LogP contribution is 2.15. The van der Waals surface area contributed by atoms with Gasteiger partial charge < -0.3 is 9.64 Å². The van der Waals surface area contributed by atoms with Crippen LogP contribution in [-0.2, 0) is 9.53 Å². The average Bonchev–Trinajstić information content (AvgIpc) is 2.43. The molecule has 0 aliphatic rings. The van der Waals surface area contributed by atoms with Gasteiger partial charge in [0.1, 0.15) is 0 Å². The number of methoxy groups -OCH3 is 1. The van der Waals surface area contributed by atoms with Gasteiger partial charge in [0.2, 0.25) is 0 Å². The van der Waals surface area contributed by atoms with Gasteiger partial charge in [-0.2, -0.15) is 0 Å². The number of benzene rings is 1. The Morgan fingerprint density at radius 2 is 1.75 bits per heavy atom. The lowest BCUT2D eigenvalue weighted by molar-refractivity contribution is -0.145. The van der Waals surface area contributed by atoms with E-state index < -0.39 is 0 Å². The summed E-state index contributed by atoms with van der Waals surface area (Å²) in [5.41, 5.74) is 0.556. The van der Waals surface area contributed by atoms with Crippen molar-refractivity contribution in [1.82, 2.24) is 4.90 Å². The lowest BCUT2D eigenvalue weighted by Crippen LogP contribution is -2.41. The van der Waals surface area contributed by atoms with E-state index in [0.29, 0.717) is 17.1 Å². The highest BCUT2D eigenvalue weighted by Gasteiger charge is 2.24. The second-order valence-corrected chi connectivity index (χ2v) is 5.42. The Morgan fingerprint density at radius 3 is 2.20 bits per heavy atom. The minimum atomic E-state index is -0.362. The number of amides is 1. The number of hydrogen-bond acceptors (Lipinski definition) is 3. The van der Waals surface area contributed by atoms with Crippen molar-refractivity contribution >= 4 is 23.5 Å². The molecular formula is C15H20ClNO3. The number of hydrogen-bond donors (Lipinski definition) is 0. The van der Waals surface area contributed by atoms with Crippen molar-refractivity contribution in [3.8, 4) is 0 Å². The Morgan fingerprint density at radius 1 is 1.20 bits per heavy atom. The van der Waals surface area contributed by atoms with Crippen molar-refractivity contribution in [3.05, 3.63) is 34.9 Å². The third-order valence-corrected chi connectivity index (χ3v) is 3.30. The van der Waals surface area contributed by atoms with Crippen LogP contribution >= 0.6 is 11.6 Å². The molecule has 0 fully saturated rings. The van der Waals surface area contributed by atoms with Gasteiger partial charge in [-0.25, -0.2) is 0 Å². The normalized spacial score (nSPS) is 12.1.